The molecule has 4 heteroatoms. The van der Waals surface area contributed by atoms with Gasteiger partial charge in [0.25, 0.3) is 0 Å². The first kappa shape index (κ1) is 57.6. The third kappa shape index (κ3) is 13.1. The summed E-state index contributed by atoms with van der Waals surface area (Å²) in [4.78, 5) is 14.3. The van der Waals surface area contributed by atoms with Crippen molar-refractivity contribution in [1.29, 1.82) is 0 Å². The summed E-state index contributed by atoms with van der Waals surface area (Å²) >= 11 is 0. The zero-order valence-corrected chi connectivity index (χ0v) is 51.4. The predicted molar refractivity (Wildman–Crippen MR) is 364 cm³/mol. The zero-order valence-electron chi connectivity index (χ0n) is 49.0. The van der Waals surface area contributed by atoms with Crippen LogP contribution in [0.3, 0.4) is 0 Å². The van der Waals surface area contributed by atoms with E-state index in [4.69, 9.17) is 15.0 Å². The van der Waals surface area contributed by atoms with E-state index in [0.717, 1.165) is 104 Å². The van der Waals surface area contributed by atoms with Crippen molar-refractivity contribution in [3.05, 3.63) is 356 Å². The second kappa shape index (κ2) is 27.1. The van der Waals surface area contributed by atoms with Crippen LogP contribution in [0.4, 0.5) is 0 Å². The van der Waals surface area contributed by atoms with E-state index in [9.17, 15) is 0 Å². The van der Waals surface area contributed by atoms with Crippen molar-refractivity contribution < 1.29 is 20.1 Å². The summed E-state index contributed by atoms with van der Waals surface area (Å²) in [6, 6.07) is 118. The second-order valence-corrected chi connectivity index (χ2v) is 22.3. The fourth-order valence-electron chi connectivity index (χ4n) is 12.1. The van der Waals surface area contributed by atoms with E-state index in [1.165, 1.54) is 66.8 Å². The first-order valence-corrected chi connectivity index (χ1v) is 30.2. The smallest absolute Gasteiger partial charge is 0.305 e. The Morgan fingerprint density at radius 3 is 1.00 bits per heavy atom. The van der Waals surface area contributed by atoms with Gasteiger partial charge in [-0.15, -0.1) is 82.4 Å². The zero-order chi connectivity index (χ0) is 58.9. The molecular weight excluding hydrogens is 1260 g/mol. The van der Waals surface area contributed by atoms with Gasteiger partial charge in [-0.2, -0.15) is 0 Å². The maximum atomic E-state index is 4.83. The van der Waals surface area contributed by atoms with Crippen molar-refractivity contribution in [3.8, 4) is 123 Å². The average Bonchev–Trinajstić information content (AvgIpc) is 2.20. The number of hydrogen-bond donors (Lipinski definition) is 0. The Hall–Kier alpha value is -10.5. The average molecular weight is 1320 g/mol. The number of nitrogens with zero attached hydrogens (tertiary/aromatic N) is 3. The van der Waals surface area contributed by atoms with Crippen molar-refractivity contribution in [2.75, 3.05) is 0 Å². The maximum absolute atomic E-state index is 4.83. The van der Waals surface area contributed by atoms with Crippen molar-refractivity contribution in [2.45, 2.75) is 25.7 Å². The molecule has 0 aliphatic carbocycles. The van der Waals surface area contributed by atoms with Gasteiger partial charge in [0, 0.05) is 18.6 Å². The maximum Gasteiger partial charge on any atom is 3.00 e. The molecule has 89 heavy (non-hydrogen) atoms. The molecule has 0 aliphatic rings. The quantitative estimate of drug-likeness (QED) is 0.0853. The Morgan fingerprint density at radius 1 is 0.225 bits per heavy atom. The minimum atomic E-state index is 0. The molecule has 0 bridgehead atoms. The fraction of sp³-hybridized carbons (Fsp3) is 0.0471. The summed E-state index contributed by atoms with van der Waals surface area (Å²) < 4.78 is 0. The van der Waals surface area contributed by atoms with E-state index in [1.54, 1.807) is 0 Å². The summed E-state index contributed by atoms with van der Waals surface area (Å²) in [6.07, 6.45) is 8.81. The minimum Gasteiger partial charge on any atom is -0.305 e. The van der Waals surface area contributed by atoms with E-state index in [2.05, 4.69) is 279 Å². The molecule has 14 rings (SSSR count). The SMILES string of the molecule is [Ir+3].[c-]1cc(CCc2cc(CCc3c[c-]c(-c4ccccn4)cc3-c3ccccc3)cc(-c3ccc(-c4ccc(-c5ccccc5)cc4)cc3-c3c[c-]c(-c4ccccn4)cc3-c3ccc(-c4ccccc4)cc3)c2)c(-c2ccccc2)cc1-c1ccccn1. The van der Waals surface area contributed by atoms with E-state index < -0.39 is 0 Å². The van der Waals surface area contributed by atoms with Gasteiger partial charge < -0.3 is 15.0 Å². The molecule has 0 amide bonds. The molecule has 0 saturated carbocycles. The van der Waals surface area contributed by atoms with Crippen LogP contribution in [-0.4, -0.2) is 15.0 Å². The van der Waals surface area contributed by atoms with Crippen LogP contribution in [0.5, 0.6) is 0 Å². The van der Waals surface area contributed by atoms with Crippen molar-refractivity contribution in [2.24, 2.45) is 0 Å². The molecule has 0 unspecified atom stereocenters. The minimum absolute atomic E-state index is 0. The molecule has 0 aliphatic heterocycles. The van der Waals surface area contributed by atoms with Gasteiger partial charge in [-0.3, -0.25) is 0 Å². The molecule has 424 valence electrons. The normalized spacial score (nSPS) is 11.0. The number of aryl methyl sites for hydroxylation is 4. The largest absolute Gasteiger partial charge is 3.00 e. The Kier molecular flexibility index (Phi) is 17.5. The summed E-state index contributed by atoms with van der Waals surface area (Å²) in [6.45, 7) is 0. The molecule has 0 N–H and O–H groups in total. The van der Waals surface area contributed by atoms with Crippen molar-refractivity contribution in [3.63, 3.8) is 0 Å². The van der Waals surface area contributed by atoms with Gasteiger partial charge in [-0.1, -0.05) is 283 Å². The number of hydrogen-bond acceptors (Lipinski definition) is 3. The van der Waals surface area contributed by atoms with Gasteiger partial charge in [-0.25, -0.2) is 0 Å². The summed E-state index contributed by atoms with van der Waals surface area (Å²) in [5, 5.41) is 0. The molecule has 3 nitrogen and oxygen atoms in total. The summed E-state index contributed by atoms with van der Waals surface area (Å²) in [5.41, 5.74) is 29.1. The monoisotopic (exact) mass is 1320 g/mol. The first-order valence-electron chi connectivity index (χ1n) is 30.2. The van der Waals surface area contributed by atoms with Gasteiger partial charge in [0.05, 0.1) is 0 Å². The predicted octanol–water partition coefficient (Wildman–Crippen LogP) is 21.2. The fourth-order valence-corrected chi connectivity index (χ4v) is 12.1. The Morgan fingerprint density at radius 2 is 0.573 bits per heavy atom. The number of rotatable bonds is 17. The van der Waals surface area contributed by atoms with Gasteiger partial charge in [0.15, 0.2) is 0 Å². The second-order valence-electron chi connectivity index (χ2n) is 22.3. The molecule has 0 radical (unpaired) electrons. The number of aromatic nitrogens is 3. The van der Waals surface area contributed by atoms with Gasteiger partial charge in [-0.05, 0) is 120 Å². The topological polar surface area (TPSA) is 38.7 Å². The Balaban J connectivity index is 0.00000729. The standard InChI is InChI=1S/C85H60N3.Ir/c1-5-19-62(20-6-1)64-34-36-66(37-35-64)72-46-48-77(82(56-72)78-49-47-75(85-29-15-18-52-88-85)59-81(78)71-40-38-65(39-41-71)63-21-7-2-8-22-63)76-54-60(30-32-69-42-44-73(83-27-13-16-50-86-83)57-79(69)67-23-9-3-10-24-67)53-61(55-76)31-33-70-43-45-74(84-28-14-17-51-87-84)58-80(70)68-25-11-4-12-26-68;/h1-29,34-43,46,48-59H,30-33H2;/q-3;+3. The molecule has 0 atom stereocenters. The van der Waals surface area contributed by atoms with Crippen molar-refractivity contribution >= 4 is 0 Å². The summed E-state index contributed by atoms with van der Waals surface area (Å²) in [7, 11) is 0. The number of benzene rings is 11. The third-order valence-electron chi connectivity index (χ3n) is 16.7. The van der Waals surface area contributed by atoms with E-state index in [-0.39, 0.29) is 20.1 Å². The molecule has 11 aromatic carbocycles. The molecular formula is C85H60IrN3. The molecule has 0 fully saturated rings. The van der Waals surface area contributed by atoms with Crippen LogP contribution in [-0.2, 0) is 45.8 Å². The molecule has 0 saturated heterocycles. The van der Waals surface area contributed by atoms with Crippen LogP contribution >= 0.6 is 0 Å². The van der Waals surface area contributed by atoms with Crippen molar-refractivity contribution in [1.82, 2.24) is 15.0 Å². The summed E-state index contributed by atoms with van der Waals surface area (Å²) in [5.74, 6) is 0. The van der Waals surface area contributed by atoms with E-state index in [1.807, 2.05) is 55.0 Å². The van der Waals surface area contributed by atoms with Gasteiger partial charge in [0.2, 0.25) is 0 Å². The van der Waals surface area contributed by atoms with Crippen LogP contribution in [0.1, 0.15) is 22.3 Å². The van der Waals surface area contributed by atoms with Crippen LogP contribution in [0, 0.1) is 18.2 Å². The van der Waals surface area contributed by atoms with Crippen LogP contribution in [0.15, 0.2) is 316 Å². The molecule has 3 heterocycles. The third-order valence-corrected chi connectivity index (χ3v) is 16.7. The van der Waals surface area contributed by atoms with Crippen LogP contribution in [0.25, 0.3) is 123 Å². The van der Waals surface area contributed by atoms with E-state index in [0.29, 0.717) is 0 Å². The van der Waals surface area contributed by atoms with Crippen LogP contribution in [0.2, 0.25) is 0 Å². The Labute approximate surface area is 536 Å². The molecule has 3 aromatic heterocycles. The van der Waals surface area contributed by atoms with Gasteiger partial charge in [0.1, 0.15) is 0 Å². The van der Waals surface area contributed by atoms with E-state index >= 15 is 0 Å². The van der Waals surface area contributed by atoms with Crippen LogP contribution < -0.4 is 0 Å². The Bertz CT molecular complexity index is 4510. The first-order chi connectivity index (χ1) is 43.6. The molecule has 0 spiro atoms. The number of pyridine rings is 3. The molecule has 14 aromatic rings. The van der Waals surface area contributed by atoms with Gasteiger partial charge >= 0.3 is 20.1 Å².